The Morgan fingerprint density at radius 1 is 0.955 bits per heavy atom. The van der Waals surface area contributed by atoms with Crippen LogP contribution in [-0.2, 0) is 16.0 Å². The van der Waals surface area contributed by atoms with Gasteiger partial charge in [-0.25, -0.2) is 0 Å². The molecule has 0 saturated carbocycles. The van der Waals surface area contributed by atoms with Crippen LogP contribution in [-0.4, -0.2) is 11.9 Å². The lowest BCUT2D eigenvalue weighted by atomic mass is 9.99. The number of hydrogen-bond acceptors (Lipinski definition) is 4. The van der Waals surface area contributed by atoms with Gasteiger partial charge in [-0.1, -0.05) is 30.3 Å². The molecule has 0 bridgehead atoms. The van der Waals surface area contributed by atoms with Crippen LogP contribution in [0.5, 0.6) is 11.5 Å². The number of aryl methyl sites for hydroxylation is 1. The summed E-state index contributed by atoms with van der Waals surface area (Å²) in [6, 6.07) is 13.2. The van der Waals surface area contributed by atoms with Crippen LogP contribution in [0.4, 0.5) is 0 Å². The molecule has 0 aliphatic carbocycles. The van der Waals surface area contributed by atoms with Crippen LogP contribution in [0.2, 0.25) is 0 Å². The first-order chi connectivity index (χ1) is 10.5. The third kappa shape index (κ3) is 4.19. The molecule has 0 saturated heterocycles. The Kier molecular flexibility index (Phi) is 4.94. The molecule has 0 unspecified atom stereocenters. The molecule has 0 N–H and O–H groups in total. The van der Waals surface area contributed by atoms with E-state index in [-0.39, 0.29) is 0 Å². The first kappa shape index (κ1) is 15.8. The van der Waals surface area contributed by atoms with Gasteiger partial charge in [0.25, 0.3) is 0 Å². The number of esters is 2. The van der Waals surface area contributed by atoms with E-state index < -0.39 is 11.9 Å². The molecule has 0 atom stereocenters. The topological polar surface area (TPSA) is 52.6 Å². The third-order valence-electron chi connectivity index (χ3n) is 3.14. The predicted octanol–water partition coefficient (Wildman–Crippen LogP) is 3.44. The molecule has 0 aromatic heterocycles. The van der Waals surface area contributed by atoms with Gasteiger partial charge in [-0.15, -0.1) is 0 Å². The number of hydrogen-bond donors (Lipinski definition) is 0. The number of ether oxygens (including phenoxy) is 2. The molecule has 114 valence electrons. The van der Waals surface area contributed by atoms with E-state index >= 15 is 0 Å². The summed E-state index contributed by atoms with van der Waals surface area (Å²) in [7, 11) is 0. The Bertz CT molecular complexity index is 690. The van der Waals surface area contributed by atoms with Crippen LogP contribution in [0.25, 0.3) is 0 Å². The van der Waals surface area contributed by atoms with E-state index in [1.165, 1.54) is 13.8 Å². The zero-order valence-electron chi connectivity index (χ0n) is 12.9. The van der Waals surface area contributed by atoms with Gasteiger partial charge in [-0.2, -0.15) is 0 Å². The zero-order valence-corrected chi connectivity index (χ0v) is 12.9. The number of benzene rings is 2. The molecule has 0 heterocycles. The van der Waals surface area contributed by atoms with Gasteiger partial charge in [0.05, 0.1) is 0 Å². The van der Waals surface area contributed by atoms with Gasteiger partial charge in [0.2, 0.25) is 0 Å². The summed E-state index contributed by atoms with van der Waals surface area (Å²) in [4.78, 5) is 22.4. The van der Waals surface area contributed by atoms with E-state index in [0.717, 1.165) is 16.7 Å². The SMILES string of the molecule is CC(=O)Oc1cc(C)c(Cc2ccccc2)c(OC(C)=O)c1. The van der Waals surface area contributed by atoms with Gasteiger partial charge in [0.15, 0.2) is 0 Å². The molecule has 0 amide bonds. The molecule has 4 heteroatoms. The predicted molar refractivity (Wildman–Crippen MR) is 83.0 cm³/mol. The monoisotopic (exact) mass is 298 g/mol. The number of carbonyl (C=O) groups is 2. The van der Waals surface area contributed by atoms with Crippen molar-refractivity contribution in [3.63, 3.8) is 0 Å². The average Bonchev–Trinajstić information content (AvgIpc) is 2.42. The summed E-state index contributed by atoms with van der Waals surface area (Å²) in [6.45, 7) is 4.58. The van der Waals surface area contributed by atoms with Gasteiger partial charge in [-0.05, 0) is 24.1 Å². The van der Waals surface area contributed by atoms with Gasteiger partial charge >= 0.3 is 11.9 Å². The van der Waals surface area contributed by atoms with Crippen molar-refractivity contribution in [1.29, 1.82) is 0 Å². The molecule has 2 rings (SSSR count). The highest BCUT2D eigenvalue weighted by Crippen LogP contribution is 2.31. The smallest absolute Gasteiger partial charge is 0.308 e. The maximum Gasteiger partial charge on any atom is 0.308 e. The first-order valence-corrected chi connectivity index (χ1v) is 7.00. The normalized spacial score (nSPS) is 10.1. The lowest BCUT2D eigenvalue weighted by Crippen LogP contribution is -2.08. The Morgan fingerprint density at radius 2 is 1.59 bits per heavy atom. The molecule has 0 radical (unpaired) electrons. The Labute approximate surface area is 129 Å². The number of rotatable bonds is 4. The fourth-order valence-electron chi connectivity index (χ4n) is 2.25. The second kappa shape index (κ2) is 6.89. The van der Waals surface area contributed by atoms with Crippen molar-refractivity contribution in [1.82, 2.24) is 0 Å². The van der Waals surface area contributed by atoms with Crippen molar-refractivity contribution in [3.8, 4) is 11.5 Å². The highest BCUT2D eigenvalue weighted by Gasteiger charge is 2.14. The van der Waals surface area contributed by atoms with Crippen LogP contribution >= 0.6 is 0 Å². The number of carbonyl (C=O) groups excluding carboxylic acids is 2. The van der Waals surface area contributed by atoms with E-state index in [1.807, 2.05) is 37.3 Å². The van der Waals surface area contributed by atoms with Gasteiger partial charge < -0.3 is 9.47 Å². The first-order valence-electron chi connectivity index (χ1n) is 7.00. The minimum Gasteiger partial charge on any atom is -0.427 e. The van der Waals surface area contributed by atoms with Crippen molar-refractivity contribution in [3.05, 3.63) is 59.2 Å². The van der Waals surface area contributed by atoms with E-state index in [1.54, 1.807) is 12.1 Å². The van der Waals surface area contributed by atoms with Crippen LogP contribution in [0.1, 0.15) is 30.5 Å². The van der Waals surface area contributed by atoms with Crippen LogP contribution in [0, 0.1) is 6.92 Å². The third-order valence-corrected chi connectivity index (χ3v) is 3.14. The van der Waals surface area contributed by atoms with E-state index in [9.17, 15) is 9.59 Å². The quantitative estimate of drug-likeness (QED) is 0.641. The van der Waals surface area contributed by atoms with Crippen LogP contribution < -0.4 is 9.47 Å². The summed E-state index contributed by atoms with van der Waals surface area (Å²) in [6.07, 6.45) is 0.635. The largest absolute Gasteiger partial charge is 0.427 e. The fourth-order valence-corrected chi connectivity index (χ4v) is 2.25. The molecule has 2 aromatic carbocycles. The van der Waals surface area contributed by atoms with E-state index in [0.29, 0.717) is 17.9 Å². The van der Waals surface area contributed by atoms with Crippen molar-refractivity contribution >= 4 is 11.9 Å². The second-order valence-corrected chi connectivity index (χ2v) is 5.07. The molecule has 0 fully saturated rings. The van der Waals surface area contributed by atoms with Crippen LogP contribution in [0.3, 0.4) is 0 Å². The van der Waals surface area contributed by atoms with Gasteiger partial charge in [-0.3, -0.25) is 9.59 Å². The summed E-state index contributed by atoms with van der Waals surface area (Å²) >= 11 is 0. The summed E-state index contributed by atoms with van der Waals surface area (Å²) < 4.78 is 10.4. The van der Waals surface area contributed by atoms with Crippen LogP contribution in [0.15, 0.2) is 42.5 Å². The summed E-state index contributed by atoms with van der Waals surface area (Å²) in [5.41, 5.74) is 2.91. The van der Waals surface area contributed by atoms with Crippen molar-refractivity contribution in [2.24, 2.45) is 0 Å². The fraction of sp³-hybridized carbons (Fsp3) is 0.222. The molecule has 4 nitrogen and oxygen atoms in total. The highest BCUT2D eigenvalue weighted by molar-refractivity contribution is 5.72. The molecular weight excluding hydrogens is 280 g/mol. The summed E-state index contributed by atoms with van der Waals surface area (Å²) in [5.74, 6) is -0.0247. The van der Waals surface area contributed by atoms with Gasteiger partial charge in [0, 0.05) is 31.9 Å². The Hall–Kier alpha value is -2.62. The van der Waals surface area contributed by atoms with Crippen molar-refractivity contribution in [2.45, 2.75) is 27.2 Å². The Morgan fingerprint density at radius 3 is 2.18 bits per heavy atom. The maximum atomic E-state index is 11.3. The minimum absolute atomic E-state index is 0.373. The molecule has 2 aromatic rings. The van der Waals surface area contributed by atoms with Crippen molar-refractivity contribution in [2.75, 3.05) is 0 Å². The maximum absolute atomic E-state index is 11.3. The standard InChI is InChI=1S/C18H18O4/c1-12-9-16(21-13(2)19)11-18(22-14(3)20)17(12)10-15-7-5-4-6-8-15/h4-9,11H,10H2,1-3H3. The lowest BCUT2D eigenvalue weighted by molar-refractivity contribution is -0.132. The Balaban J connectivity index is 2.41. The lowest BCUT2D eigenvalue weighted by Gasteiger charge is -2.14. The highest BCUT2D eigenvalue weighted by atomic mass is 16.5. The zero-order chi connectivity index (χ0) is 16.1. The molecule has 0 spiro atoms. The molecule has 22 heavy (non-hydrogen) atoms. The summed E-state index contributed by atoms with van der Waals surface area (Å²) in [5, 5.41) is 0. The second-order valence-electron chi connectivity index (χ2n) is 5.07. The molecular formula is C18H18O4. The van der Waals surface area contributed by atoms with Gasteiger partial charge in [0.1, 0.15) is 11.5 Å². The van der Waals surface area contributed by atoms with E-state index in [2.05, 4.69) is 0 Å². The average molecular weight is 298 g/mol. The molecule has 0 aliphatic heterocycles. The molecule has 0 aliphatic rings. The van der Waals surface area contributed by atoms with E-state index in [4.69, 9.17) is 9.47 Å². The minimum atomic E-state index is -0.413. The van der Waals surface area contributed by atoms with Crippen molar-refractivity contribution < 1.29 is 19.1 Å².